The normalized spacial score (nSPS) is 13.6. The predicted octanol–water partition coefficient (Wildman–Crippen LogP) is 17.3. The zero-order valence-corrected chi connectivity index (χ0v) is 41.6. The summed E-state index contributed by atoms with van der Waals surface area (Å²) in [4.78, 5) is 15.6. The molecule has 10 aromatic carbocycles. The molecule has 1 aliphatic carbocycles. The van der Waals surface area contributed by atoms with Crippen molar-refractivity contribution in [1.29, 1.82) is 0 Å². The van der Waals surface area contributed by atoms with Gasteiger partial charge in [0, 0.05) is 27.4 Å². The fourth-order valence-electron chi connectivity index (χ4n) is 11.2. The van der Waals surface area contributed by atoms with Gasteiger partial charge in [0.05, 0.1) is 0 Å². The molecular formula is C67H54N3OP. The first-order chi connectivity index (χ1) is 35.3. The standard InChI is InChI=1S/C67H54N3OP/c1-72(2,71)57-40-34-49(35-41-57)63-60-28-12-10-26-58(60)62(59-27-11-13-29-61(59)63)48-30-36-55(37-31-48)67(42-14-5-15-43-67)56-38-32-50(33-39-56)64-68-65(53-24-16-22-51(44-53)46-18-6-3-7-19-46)70-66(69-64)54-25-17-23-52(45-54)47-20-8-4-9-21-47/h3-4,6-13,16-41,44-45H,5,14-15,42-43H2,1-2H3. The van der Waals surface area contributed by atoms with E-state index in [4.69, 9.17) is 15.0 Å². The van der Waals surface area contributed by atoms with Gasteiger partial charge < -0.3 is 4.57 Å². The first kappa shape index (κ1) is 45.1. The minimum Gasteiger partial charge on any atom is -0.319 e. The van der Waals surface area contributed by atoms with Crippen molar-refractivity contribution in [2.45, 2.75) is 37.5 Å². The van der Waals surface area contributed by atoms with Crippen LogP contribution in [-0.2, 0) is 9.98 Å². The summed E-state index contributed by atoms with van der Waals surface area (Å²) in [7, 11) is -2.38. The van der Waals surface area contributed by atoms with Gasteiger partial charge in [0.25, 0.3) is 0 Å². The van der Waals surface area contributed by atoms with E-state index in [0.29, 0.717) is 17.5 Å². The Morgan fingerprint density at radius 3 is 1.10 bits per heavy atom. The molecule has 1 saturated carbocycles. The van der Waals surface area contributed by atoms with Crippen LogP contribution in [0.1, 0.15) is 43.2 Å². The summed E-state index contributed by atoms with van der Waals surface area (Å²) in [5, 5.41) is 5.76. The van der Waals surface area contributed by atoms with Crippen LogP contribution in [0.2, 0.25) is 0 Å². The van der Waals surface area contributed by atoms with Gasteiger partial charge in [0.2, 0.25) is 0 Å². The molecule has 5 heteroatoms. The fourth-order valence-corrected chi connectivity index (χ4v) is 12.1. The van der Waals surface area contributed by atoms with Gasteiger partial charge in [0.1, 0.15) is 7.14 Å². The van der Waals surface area contributed by atoms with Crippen molar-refractivity contribution in [2.75, 3.05) is 13.3 Å². The van der Waals surface area contributed by atoms with Crippen LogP contribution in [0, 0.1) is 0 Å². The van der Waals surface area contributed by atoms with Gasteiger partial charge in [-0.05, 0) is 115 Å². The zero-order valence-electron chi connectivity index (χ0n) is 40.7. The lowest BCUT2D eigenvalue weighted by atomic mass is 9.65. The van der Waals surface area contributed by atoms with Crippen LogP contribution in [0.15, 0.2) is 231 Å². The van der Waals surface area contributed by atoms with E-state index in [9.17, 15) is 4.57 Å². The first-order valence-corrected chi connectivity index (χ1v) is 27.8. The summed E-state index contributed by atoms with van der Waals surface area (Å²) in [6.45, 7) is 3.67. The van der Waals surface area contributed by atoms with Gasteiger partial charge in [-0.1, -0.05) is 238 Å². The highest BCUT2D eigenvalue weighted by atomic mass is 31.2. The molecule has 4 nitrogen and oxygen atoms in total. The van der Waals surface area contributed by atoms with Crippen LogP contribution in [0.25, 0.3) is 100 Å². The lowest BCUT2D eigenvalue weighted by Crippen LogP contribution is -2.30. The van der Waals surface area contributed by atoms with Crippen LogP contribution >= 0.6 is 7.14 Å². The summed E-state index contributed by atoms with van der Waals surface area (Å²) in [5.41, 5.74) is 14.7. The molecular weight excluding hydrogens is 894 g/mol. The minimum absolute atomic E-state index is 0.123. The average molecular weight is 948 g/mol. The van der Waals surface area contributed by atoms with E-state index >= 15 is 0 Å². The largest absolute Gasteiger partial charge is 0.319 e. The van der Waals surface area contributed by atoms with E-state index in [1.54, 1.807) is 0 Å². The van der Waals surface area contributed by atoms with Gasteiger partial charge in [0.15, 0.2) is 17.5 Å². The Morgan fingerprint density at radius 1 is 0.333 bits per heavy atom. The first-order valence-electron chi connectivity index (χ1n) is 25.2. The second-order valence-electron chi connectivity index (χ2n) is 19.7. The van der Waals surface area contributed by atoms with Crippen molar-refractivity contribution < 1.29 is 4.57 Å². The molecule has 0 N–H and O–H groups in total. The molecule has 0 unspecified atom stereocenters. The average Bonchev–Trinajstić information content (AvgIpc) is 3.45. The van der Waals surface area contributed by atoms with E-state index in [1.807, 2.05) is 37.6 Å². The van der Waals surface area contributed by atoms with Crippen molar-refractivity contribution in [3.05, 3.63) is 242 Å². The van der Waals surface area contributed by atoms with Gasteiger partial charge in [-0.2, -0.15) is 0 Å². The van der Waals surface area contributed by atoms with Crippen LogP contribution in [0.4, 0.5) is 0 Å². The quantitative estimate of drug-likeness (QED) is 0.101. The van der Waals surface area contributed by atoms with Crippen LogP contribution in [0.5, 0.6) is 0 Å². The molecule has 0 atom stereocenters. The maximum absolute atomic E-state index is 13.0. The molecule has 72 heavy (non-hydrogen) atoms. The molecule has 1 aromatic heterocycles. The smallest absolute Gasteiger partial charge is 0.164 e. The van der Waals surface area contributed by atoms with Gasteiger partial charge >= 0.3 is 0 Å². The number of fused-ring (bicyclic) bond motifs is 2. The predicted molar refractivity (Wildman–Crippen MR) is 302 cm³/mol. The molecule has 1 heterocycles. The zero-order chi connectivity index (χ0) is 48.7. The Morgan fingerprint density at radius 2 is 0.681 bits per heavy atom. The number of aromatic nitrogens is 3. The third-order valence-electron chi connectivity index (χ3n) is 14.9. The number of rotatable bonds is 10. The van der Waals surface area contributed by atoms with Gasteiger partial charge in [-0.25, -0.2) is 15.0 Å². The molecule has 12 rings (SSSR count). The summed E-state index contributed by atoms with van der Waals surface area (Å²) in [6.07, 6.45) is 5.78. The number of hydrogen-bond donors (Lipinski definition) is 0. The van der Waals surface area contributed by atoms with Crippen LogP contribution < -0.4 is 5.30 Å². The summed E-state index contributed by atoms with van der Waals surface area (Å²) >= 11 is 0. The van der Waals surface area contributed by atoms with E-state index in [2.05, 4.69) is 206 Å². The molecule has 1 aliphatic rings. The highest BCUT2D eigenvalue weighted by Crippen LogP contribution is 2.48. The van der Waals surface area contributed by atoms with Crippen LogP contribution in [-0.4, -0.2) is 28.3 Å². The van der Waals surface area contributed by atoms with Crippen molar-refractivity contribution in [3.63, 3.8) is 0 Å². The monoisotopic (exact) mass is 947 g/mol. The number of benzene rings is 10. The lowest BCUT2D eigenvalue weighted by molar-refractivity contribution is 0.346. The number of hydrogen-bond acceptors (Lipinski definition) is 4. The third-order valence-corrected chi connectivity index (χ3v) is 16.5. The molecule has 348 valence electrons. The highest BCUT2D eigenvalue weighted by molar-refractivity contribution is 7.70. The maximum atomic E-state index is 13.0. The van der Waals surface area contributed by atoms with E-state index in [0.717, 1.165) is 62.7 Å². The van der Waals surface area contributed by atoms with E-state index in [-0.39, 0.29) is 5.41 Å². The van der Waals surface area contributed by atoms with Crippen molar-refractivity contribution in [2.24, 2.45) is 0 Å². The second-order valence-corrected chi connectivity index (χ2v) is 23.0. The highest BCUT2D eigenvalue weighted by Gasteiger charge is 2.36. The topological polar surface area (TPSA) is 55.7 Å². The summed E-state index contributed by atoms with van der Waals surface area (Å²) < 4.78 is 13.0. The lowest BCUT2D eigenvalue weighted by Gasteiger charge is -2.39. The molecule has 0 amide bonds. The van der Waals surface area contributed by atoms with Crippen molar-refractivity contribution in [1.82, 2.24) is 15.0 Å². The summed E-state index contributed by atoms with van der Waals surface area (Å²) in [5.74, 6) is 1.93. The fraction of sp³-hybridized carbons (Fsp3) is 0.119. The Labute approximate surface area is 422 Å². The number of nitrogens with zero attached hydrogens (tertiary/aromatic N) is 3. The molecule has 11 aromatic rings. The Balaban J connectivity index is 0.924. The molecule has 0 saturated heterocycles. The minimum atomic E-state index is -2.38. The Bertz CT molecular complexity index is 3640. The van der Waals surface area contributed by atoms with Gasteiger partial charge in [-0.3, -0.25) is 0 Å². The molecule has 0 radical (unpaired) electrons. The van der Waals surface area contributed by atoms with E-state index < -0.39 is 7.14 Å². The Hall–Kier alpha value is -8.04. The van der Waals surface area contributed by atoms with Crippen molar-refractivity contribution in [3.8, 4) is 78.7 Å². The van der Waals surface area contributed by atoms with Crippen molar-refractivity contribution >= 4 is 34.0 Å². The Kier molecular flexibility index (Phi) is 11.9. The van der Waals surface area contributed by atoms with Crippen LogP contribution in [0.3, 0.4) is 0 Å². The molecule has 0 spiro atoms. The van der Waals surface area contributed by atoms with Gasteiger partial charge in [-0.15, -0.1) is 0 Å². The third kappa shape index (κ3) is 8.56. The van der Waals surface area contributed by atoms with E-state index in [1.165, 1.54) is 68.6 Å². The molecule has 0 aliphatic heterocycles. The molecule has 0 bridgehead atoms. The molecule has 1 fully saturated rings. The maximum Gasteiger partial charge on any atom is 0.164 e. The summed E-state index contributed by atoms with van der Waals surface area (Å²) in [6, 6.07) is 82.5. The SMILES string of the molecule is CP(C)(=O)c1ccc(-c2c3ccccc3c(-c3ccc(C4(c5ccc(-c6nc(-c7cccc(-c8ccccc8)c7)nc(-c7cccc(-c8ccccc8)c7)n6)cc5)CCCCC4)cc3)c3ccccc23)cc1. The second kappa shape index (κ2) is 18.9.